The Balaban J connectivity index is 1.70. The largest absolute Gasteiger partial charge is 0.481 e. The second kappa shape index (κ2) is 12.6. The first-order valence-corrected chi connectivity index (χ1v) is 14.6. The first kappa shape index (κ1) is 33.0. The summed E-state index contributed by atoms with van der Waals surface area (Å²) in [4.78, 5) is 20.2. The van der Waals surface area contributed by atoms with Gasteiger partial charge in [-0.1, -0.05) is 13.8 Å². The van der Waals surface area contributed by atoms with Crippen molar-refractivity contribution in [2.45, 2.75) is 89.3 Å². The number of aliphatic hydroxyl groups is 1. The Bertz CT molecular complexity index is 1220. The van der Waals surface area contributed by atoms with Gasteiger partial charge in [-0.05, 0) is 93.8 Å². The number of aromatic nitrogens is 1. The van der Waals surface area contributed by atoms with E-state index in [2.05, 4.69) is 10.3 Å². The van der Waals surface area contributed by atoms with Gasteiger partial charge in [0.05, 0.1) is 29.3 Å². The normalized spacial score (nSPS) is 22.8. The lowest BCUT2D eigenvalue weighted by atomic mass is 9.71. The van der Waals surface area contributed by atoms with Crippen LogP contribution >= 0.6 is 0 Å². The number of nitrogens with one attached hydrogen (secondary N) is 1. The number of amides is 1. The number of halogens is 6. The van der Waals surface area contributed by atoms with Crippen molar-refractivity contribution in [2.24, 2.45) is 11.3 Å². The van der Waals surface area contributed by atoms with Gasteiger partial charge in [-0.15, -0.1) is 0 Å². The van der Waals surface area contributed by atoms with Gasteiger partial charge in [-0.3, -0.25) is 4.79 Å². The Kier molecular flexibility index (Phi) is 9.71. The second-order valence-corrected chi connectivity index (χ2v) is 12.3. The lowest BCUT2D eigenvalue weighted by Gasteiger charge is -2.46. The Hall–Kier alpha value is -2.86. The highest BCUT2D eigenvalue weighted by Gasteiger charge is 2.46. The van der Waals surface area contributed by atoms with E-state index in [4.69, 9.17) is 4.74 Å². The number of piperidine rings is 1. The molecule has 1 amide bonds. The standard InChI is InChI=1S/C31H39F6N3O3/c1-20(2)17-28(10-12-38-13-11-28)27(41)40(19-21-14-23(30(32,33)34)16-24(15-21)31(35,36)37)25-6-8-29(42,9-7-25)22-4-5-26(43-3)39-18-22/h4-5,14-16,18,20,25,38,42H,6-13,17,19H2,1-3H3. The second-order valence-electron chi connectivity index (χ2n) is 12.3. The molecule has 238 valence electrons. The number of ether oxygens (including phenoxy) is 1. The van der Waals surface area contributed by atoms with Crippen LogP contribution in [0.3, 0.4) is 0 Å². The number of hydrogen-bond acceptors (Lipinski definition) is 5. The first-order valence-electron chi connectivity index (χ1n) is 14.6. The summed E-state index contributed by atoms with van der Waals surface area (Å²) in [5.74, 6) is 0.276. The molecule has 2 aromatic rings. The van der Waals surface area contributed by atoms with Gasteiger partial charge in [0, 0.05) is 30.4 Å². The van der Waals surface area contributed by atoms with Crippen LogP contribution in [0.15, 0.2) is 36.5 Å². The summed E-state index contributed by atoms with van der Waals surface area (Å²) in [6.45, 7) is 4.76. The summed E-state index contributed by atoms with van der Waals surface area (Å²) in [5.41, 5.74) is -4.51. The quantitative estimate of drug-likeness (QED) is 0.324. The van der Waals surface area contributed by atoms with Crippen molar-refractivity contribution in [3.05, 3.63) is 58.8 Å². The van der Waals surface area contributed by atoms with Crippen LogP contribution in [0.4, 0.5) is 26.3 Å². The SMILES string of the molecule is COc1ccc(C2(O)CCC(N(Cc3cc(C(F)(F)F)cc(C(F)(F)F)c3)C(=O)C3(CC(C)C)CCNCC3)CC2)cn1. The number of nitrogens with zero attached hydrogens (tertiary/aromatic N) is 2. The molecule has 0 radical (unpaired) electrons. The molecule has 12 heteroatoms. The lowest BCUT2D eigenvalue weighted by molar-refractivity contribution is -0.151. The number of carbonyl (C=O) groups excluding carboxylic acids is 1. The van der Waals surface area contributed by atoms with Crippen LogP contribution < -0.4 is 10.1 Å². The van der Waals surface area contributed by atoms with Crippen molar-refractivity contribution in [3.8, 4) is 5.88 Å². The molecular weight excluding hydrogens is 576 g/mol. The topological polar surface area (TPSA) is 74.7 Å². The monoisotopic (exact) mass is 615 g/mol. The Morgan fingerprint density at radius 2 is 1.60 bits per heavy atom. The average molecular weight is 616 g/mol. The summed E-state index contributed by atoms with van der Waals surface area (Å²) < 4.78 is 87.2. The number of carbonyl (C=O) groups is 1. The van der Waals surface area contributed by atoms with Crippen LogP contribution in [0.2, 0.25) is 0 Å². The van der Waals surface area contributed by atoms with Gasteiger partial charge in [0.2, 0.25) is 11.8 Å². The molecule has 2 N–H and O–H groups in total. The first-order chi connectivity index (χ1) is 20.1. The van der Waals surface area contributed by atoms with Crippen LogP contribution in [-0.4, -0.2) is 47.1 Å². The van der Waals surface area contributed by atoms with E-state index in [0.29, 0.717) is 68.8 Å². The number of pyridine rings is 1. The zero-order valence-electron chi connectivity index (χ0n) is 24.6. The molecule has 1 aliphatic heterocycles. The van der Waals surface area contributed by atoms with E-state index < -0.39 is 47.1 Å². The molecular formula is C31H39F6N3O3. The maximum absolute atomic E-state index is 14.5. The van der Waals surface area contributed by atoms with Crippen molar-refractivity contribution in [1.82, 2.24) is 15.2 Å². The van der Waals surface area contributed by atoms with E-state index >= 15 is 0 Å². The van der Waals surface area contributed by atoms with Crippen molar-refractivity contribution < 1.29 is 41.0 Å². The summed E-state index contributed by atoms with van der Waals surface area (Å²) >= 11 is 0. The Labute approximate surface area is 247 Å². The van der Waals surface area contributed by atoms with Crippen LogP contribution in [0, 0.1) is 11.3 Å². The molecule has 1 aromatic carbocycles. The van der Waals surface area contributed by atoms with E-state index in [9.17, 15) is 36.2 Å². The van der Waals surface area contributed by atoms with Gasteiger partial charge in [-0.25, -0.2) is 4.98 Å². The molecule has 4 rings (SSSR count). The Morgan fingerprint density at radius 1 is 1.02 bits per heavy atom. The van der Waals surface area contributed by atoms with Gasteiger partial charge in [0.15, 0.2) is 0 Å². The molecule has 1 aliphatic carbocycles. The summed E-state index contributed by atoms with van der Waals surface area (Å²) in [5, 5.41) is 14.7. The predicted octanol–water partition coefficient (Wildman–Crippen LogP) is 6.70. The molecule has 2 fully saturated rings. The smallest absolute Gasteiger partial charge is 0.416 e. The molecule has 0 spiro atoms. The molecule has 0 atom stereocenters. The van der Waals surface area contributed by atoms with Crippen molar-refractivity contribution >= 4 is 5.91 Å². The minimum absolute atomic E-state index is 0.104. The molecule has 43 heavy (non-hydrogen) atoms. The Morgan fingerprint density at radius 3 is 2.07 bits per heavy atom. The number of benzene rings is 1. The third kappa shape index (κ3) is 7.63. The number of methoxy groups -OCH3 is 1. The minimum atomic E-state index is -4.99. The highest BCUT2D eigenvalue weighted by atomic mass is 19.4. The number of rotatable bonds is 8. The van der Waals surface area contributed by atoms with E-state index in [-0.39, 0.29) is 36.3 Å². The fraction of sp³-hybridized carbons (Fsp3) is 0.613. The third-order valence-electron chi connectivity index (χ3n) is 8.78. The number of hydrogen-bond donors (Lipinski definition) is 2. The molecule has 1 saturated carbocycles. The van der Waals surface area contributed by atoms with Gasteiger partial charge in [0.25, 0.3) is 0 Å². The van der Waals surface area contributed by atoms with Crippen molar-refractivity contribution in [2.75, 3.05) is 20.2 Å². The van der Waals surface area contributed by atoms with Crippen LogP contribution in [0.1, 0.15) is 81.0 Å². The summed E-state index contributed by atoms with van der Waals surface area (Å²) in [6, 6.07) is 4.37. The van der Waals surface area contributed by atoms with E-state index in [1.807, 2.05) is 13.8 Å². The minimum Gasteiger partial charge on any atom is -0.481 e. The van der Waals surface area contributed by atoms with Gasteiger partial charge in [-0.2, -0.15) is 26.3 Å². The number of alkyl halides is 6. The third-order valence-corrected chi connectivity index (χ3v) is 8.78. The van der Waals surface area contributed by atoms with Gasteiger partial charge >= 0.3 is 12.4 Å². The fourth-order valence-electron chi connectivity index (χ4n) is 6.63. The van der Waals surface area contributed by atoms with E-state index in [1.165, 1.54) is 18.2 Å². The zero-order valence-corrected chi connectivity index (χ0v) is 24.6. The molecule has 6 nitrogen and oxygen atoms in total. The van der Waals surface area contributed by atoms with E-state index in [1.54, 1.807) is 12.1 Å². The van der Waals surface area contributed by atoms with E-state index in [0.717, 1.165) is 0 Å². The van der Waals surface area contributed by atoms with Crippen molar-refractivity contribution in [3.63, 3.8) is 0 Å². The van der Waals surface area contributed by atoms with Gasteiger partial charge < -0.3 is 20.1 Å². The maximum atomic E-state index is 14.5. The highest BCUT2D eigenvalue weighted by molar-refractivity contribution is 5.83. The highest BCUT2D eigenvalue weighted by Crippen LogP contribution is 2.44. The van der Waals surface area contributed by atoms with Crippen molar-refractivity contribution in [1.29, 1.82) is 0 Å². The molecule has 1 aromatic heterocycles. The molecule has 0 bridgehead atoms. The summed E-state index contributed by atoms with van der Waals surface area (Å²) in [6.07, 6.45) is -5.76. The van der Waals surface area contributed by atoms with Crippen LogP contribution in [-0.2, 0) is 29.3 Å². The molecule has 2 heterocycles. The average Bonchev–Trinajstić information content (AvgIpc) is 2.95. The molecule has 1 saturated heterocycles. The predicted molar refractivity (Wildman–Crippen MR) is 148 cm³/mol. The summed E-state index contributed by atoms with van der Waals surface area (Å²) in [7, 11) is 1.48. The van der Waals surface area contributed by atoms with Crippen LogP contribution in [0.5, 0.6) is 5.88 Å². The van der Waals surface area contributed by atoms with Gasteiger partial charge in [0.1, 0.15) is 0 Å². The lowest BCUT2D eigenvalue weighted by Crippen LogP contribution is -2.54. The van der Waals surface area contributed by atoms with Crippen LogP contribution in [0.25, 0.3) is 0 Å². The maximum Gasteiger partial charge on any atom is 0.416 e. The fourth-order valence-corrected chi connectivity index (χ4v) is 6.63. The molecule has 0 unspecified atom stereocenters. The zero-order chi connectivity index (χ0) is 31.6. The molecule has 2 aliphatic rings.